The first kappa shape index (κ1) is 25.9. The molecule has 0 saturated heterocycles. The van der Waals surface area contributed by atoms with Crippen molar-refractivity contribution < 1.29 is 4.42 Å². The second kappa shape index (κ2) is 9.70. The minimum absolute atomic E-state index is 0.0217. The summed E-state index contributed by atoms with van der Waals surface area (Å²) >= 11 is 0. The standard InChI is InChI=1S/C43H31NO/c1-43(2)38-18-10-8-16-34(38)37-27-32(24-25-39(37)43)44(30-13-4-3-5-14-30)31-22-20-28(21-23-31)36-26-29-12-6-7-15-33(29)42-41(36)35-17-9-11-19-40(35)45-42/h3-27H,1-2H3. The summed E-state index contributed by atoms with van der Waals surface area (Å²) in [4.78, 5) is 2.36. The van der Waals surface area contributed by atoms with Crippen LogP contribution in [0.1, 0.15) is 25.0 Å². The molecule has 0 bridgehead atoms. The molecule has 1 aliphatic rings. The van der Waals surface area contributed by atoms with Gasteiger partial charge in [-0.05, 0) is 87.3 Å². The summed E-state index contributed by atoms with van der Waals surface area (Å²) in [6, 6.07) is 54.6. The molecule has 0 fully saturated rings. The molecule has 1 aliphatic carbocycles. The van der Waals surface area contributed by atoms with Crippen molar-refractivity contribution in [3.05, 3.63) is 163 Å². The van der Waals surface area contributed by atoms with E-state index in [0.29, 0.717) is 0 Å². The first-order valence-electron chi connectivity index (χ1n) is 15.6. The van der Waals surface area contributed by atoms with Crippen LogP contribution in [-0.4, -0.2) is 0 Å². The van der Waals surface area contributed by atoms with Crippen molar-refractivity contribution in [1.29, 1.82) is 0 Å². The molecule has 9 rings (SSSR count). The third-order valence-electron chi connectivity index (χ3n) is 9.65. The quantitative estimate of drug-likeness (QED) is 0.207. The lowest BCUT2D eigenvalue weighted by Crippen LogP contribution is -2.15. The number of rotatable bonds is 4. The van der Waals surface area contributed by atoms with Crippen molar-refractivity contribution in [3.63, 3.8) is 0 Å². The second-order valence-electron chi connectivity index (χ2n) is 12.6. The molecule has 0 unspecified atom stereocenters. The molecule has 0 atom stereocenters. The first-order valence-corrected chi connectivity index (χ1v) is 15.6. The molecule has 45 heavy (non-hydrogen) atoms. The molecule has 0 saturated carbocycles. The molecule has 0 spiro atoms. The van der Waals surface area contributed by atoms with E-state index in [1.165, 1.54) is 38.8 Å². The lowest BCUT2D eigenvalue weighted by atomic mass is 9.82. The Morgan fingerprint density at radius 2 is 1.13 bits per heavy atom. The fourth-order valence-corrected chi connectivity index (χ4v) is 7.45. The minimum Gasteiger partial charge on any atom is -0.455 e. The van der Waals surface area contributed by atoms with E-state index in [4.69, 9.17) is 4.42 Å². The Hall–Kier alpha value is -5.60. The third kappa shape index (κ3) is 3.89. The van der Waals surface area contributed by atoms with Gasteiger partial charge in [0.1, 0.15) is 11.2 Å². The summed E-state index contributed by atoms with van der Waals surface area (Å²) in [5.74, 6) is 0. The van der Waals surface area contributed by atoms with E-state index in [-0.39, 0.29) is 5.41 Å². The fourth-order valence-electron chi connectivity index (χ4n) is 7.45. The van der Waals surface area contributed by atoms with E-state index in [1.807, 2.05) is 6.07 Å². The van der Waals surface area contributed by atoms with E-state index in [9.17, 15) is 0 Å². The Bertz CT molecular complexity index is 2400. The van der Waals surface area contributed by atoms with Gasteiger partial charge in [0.15, 0.2) is 0 Å². The third-order valence-corrected chi connectivity index (χ3v) is 9.65. The molecule has 0 radical (unpaired) electrons. The van der Waals surface area contributed by atoms with Gasteiger partial charge in [-0.25, -0.2) is 0 Å². The lowest BCUT2D eigenvalue weighted by Gasteiger charge is -2.27. The zero-order valence-corrected chi connectivity index (χ0v) is 25.3. The van der Waals surface area contributed by atoms with E-state index < -0.39 is 0 Å². The molecule has 1 aromatic heterocycles. The van der Waals surface area contributed by atoms with Crippen LogP contribution in [0.25, 0.3) is 55.0 Å². The van der Waals surface area contributed by atoms with E-state index in [2.05, 4.69) is 164 Å². The molecule has 7 aromatic carbocycles. The topological polar surface area (TPSA) is 16.4 Å². The molecule has 0 aliphatic heterocycles. The van der Waals surface area contributed by atoms with Crippen LogP contribution in [0, 0.1) is 0 Å². The highest BCUT2D eigenvalue weighted by molar-refractivity contribution is 6.21. The number of nitrogens with zero attached hydrogens (tertiary/aromatic N) is 1. The molecule has 2 heteroatoms. The molecule has 0 amide bonds. The second-order valence-corrected chi connectivity index (χ2v) is 12.6. The van der Waals surface area contributed by atoms with Crippen LogP contribution in [0.4, 0.5) is 17.1 Å². The molecular formula is C43H31NO. The summed E-state index contributed by atoms with van der Waals surface area (Å²) in [6.07, 6.45) is 0. The monoisotopic (exact) mass is 577 g/mol. The van der Waals surface area contributed by atoms with Gasteiger partial charge in [0.05, 0.1) is 0 Å². The van der Waals surface area contributed by atoms with Crippen molar-refractivity contribution in [2.24, 2.45) is 0 Å². The van der Waals surface area contributed by atoms with Crippen LogP contribution >= 0.6 is 0 Å². The van der Waals surface area contributed by atoms with Gasteiger partial charge in [0.2, 0.25) is 0 Å². The lowest BCUT2D eigenvalue weighted by molar-refractivity contribution is 0.660. The zero-order valence-electron chi connectivity index (χ0n) is 25.3. The SMILES string of the molecule is CC1(C)c2ccccc2-c2cc(N(c3ccccc3)c3ccc(-c4cc5ccccc5c5oc6ccccc6c45)cc3)ccc21. The Kier molecular flexibility index (Phi) is 5.58. The highest BCUT2D eigenvalue weighted by Gasteiger charge is 2.35. The molecular weight excluding hydrogens is 546 g/mol. The Balaban J connectivity index is 1.21. The number of benzene rings is 7. The van der Waals surface area contributed by atoms with Crippen LogP contribution in [0.5, 0.6) is 0 Å². The summed E-state index contributed by atoms with van der Waals surface area (Å²) < 4.78 is 6.47. The van der Waals surface area contributed by atoms with Crippen molar-refractivity contribution in [1.82, 2.24) is 0 Å². The largest absolute Gasteiger partial charge is 0.455 e. The predicted octanol–water partition coefficient (Wildman–Crippen LogP) is 12.2. The van der Waals surface area contributed by atoms with E-state index in [0.717, 1.165) is 44.4 Å². The number of anilines is 3. The molecule has 214 valence electrons. The number of hydrogen-bond donors (Lipinski definition) is 0. The maximum atomic E-state index is 6.47. The van der Waals surface area contributed by atoms with Gasteiger partial charge in [-0.2, -0.15) is 0 Å². The van der Waals surface area contributed by atoms with Gasteiger partial charge in [0, 0.05) is 38.6 Å². The minimum atomic E-state index is -0.0217. The van der Waals surface area contributed by atoms with Gasteiger partial charge in [-0.1, -0.05) is 117 Å². The van der Waals surface area contributed by atoms with Gasteiger partial charge in [-0.3, -0.25) is 0 Å². The van der Waals surface area contributed by atoms with Crippen molar-refractivity contribution in [3.8, 4) is 22.3 Å². The summed E-state index contributed by atoms with van der Waals surface area (Å²) in [5, 5.41) is 4.62. The van der Waals surface area contributed by atoms with Crippen molar-refractivity contribution in [2.45, 2.75) is 19.3 Å². The van der Waals surface area contributed by atoms with Crippen LogP contribution in [0.15, 0.2) is 156 Å². The average Bonchev–Trinajstić information content (AvgIpc) is 3.59. The van der Waals surface area contributed by atoms with Gasteiger partial charge in [-0.15, -0.1) is 0 Å². The summed E-state index contributed by atoms with van der Waals surface area (Å²) in [5.41, 5.74) is 13.0. The highest BCUT2D eigenvalue weighted by Crippen LogP contribution is 2.50. The van der Waals surface area contributed by atoms with Crippen LogP contribution in [0.3, 0.4) is 0 Å². The smallest absolute Gasteiger partial charge is 0.143 e. The number of hydrogen-bond acceptors (Lipinski definition) is 2. The first-order chi connectivity index (χ1) is 22.1. The maximum Gasteiger partial charge on any atom is 0.143 e. The Labute approximate surface area is 262 Å². The highest BCUT2D eigenvalue weighted by atomic mass is 16.3. The van der Waals surface area contributed by atoms with E-state index in [1.54, 1.807) is 0 Å². The average molecular weight is 578 g/mol. The zero-order chi connectivity index (χ0) is 30.1. The number of furan rings is 1. The van der Waals surface area contributed by atoms with Gasteiger partial charge >= 0.3 is 0 Å². The molecule has 8 aromatic rings. The number of para-hydroxylation sites is 2. The maximum absolute atomic E-state index is 6.47. The van der Waals surface area contributed by atoms with E-state index >= 15 is 0 Å². The fraction of sp³-hybridized carbons (Fsp3) is 0.0698. The van der Waals surface area contributed by atoms with Crippen LogP contribution in [0.2, 0.25) is 0 Å². The summed E-state index contributed by atoms with van der Waals surface area (Å²) in [7, 11) is 0. The predicted molar refractivity (Wildman–Crippen MR) is 189 cm³/mol. The molecule has 2 nitrogen and oxygen atoms in total. The van der Waals surface area contributed by atoms with Crippen molar-refractivity contribution >= 4 is 49.8 Å². The van der Waals surface area contributed by atoms with Crippen molar-refractivity contribution in [2.75, 3.05) is 4.90 Å². The summed E-state index contributed by atoms with van der Waals surface area (Å²) in [6.45, 7) is 4.66. The number of fused-ring (bicyclic) bond motifs is 8. The Morgan fingerprint density at radius 3 is 1.98 bits per heavy atom. The van der Waals surface area contributed by atoms with Crippen LogP contribution < -0.4 is 4.90 Å². The Morgan fingerprint density at radius 1 is 0.489 bits per heavy atom. The molecule has 1 heterocycles. The molecule has 0 N–H and O–H groups in total. The van der Waals surface area contributed by atoms with Crippen LogP contribution in [-0.2, 0) is 5.41 Å². The normalized spacial score (nSPS) is 13.3. The van der Waals surface area contributed by atoms with Gasteiger partial charge < -0.3 is 9.32 Å². The van der Waals surface area contributed by atoms with Gasteiger partial charge in [0.25, 0.3) is 0 Å².